The van der Waals surface area contributed by atoms with E-state index in [0.717, 1.165) is 11.3 Å². The van der Waals surface area contributed by atoms with Crippen LogP contribution in [0.15, 0.2) is 24.3 Å². The van der Waals surface area contributed by atoms with Crippen molar-refractivity contribution in [1.82, 2.24) is 5.32 Å². The molecule has 1 aromatic rings. The normalized spacial score (nSPS) is 12.1. The number of rotatable bonds is 5. The van der Waals surface area contributed by atoms with Crippen molar-refractivity contribution in [3.63, 3.8) is 0 Å². The highest BCUT2D eigenvalue weighted by Gasteiger charge is 2.21. The van der Waals surface area contributed by atoms with Crippen LogP contribution in [0.2, 0.25) is 0 Å². The number of hydrogen-bond donors (Lipinski definition) is 2. The van der Waals surface area contributed by atoms with Crippen LogP contribution in [-0.2, 0) is 11.2 Å². The van der Waals surface area contributed by atoms with Crippen molar-refractivity contribution < 1.29 is 9.53 Å². The van der Waals surface area contributed by atoms with E-state index >= 15 is 0 Å². The van der Waals surface area contributed by atoms with Crippen LogP contribution < -0.4 is 15.8 Å². The zero-order valence-electron chi connectivity index (χ0n) is 13.1. The van der Waals surface area contributed by atoms with E-state index in [1.54, 1.807) is 13.8 Å². The van der Waals surface area contributed by atoms with Gasteiger partial charge in [0, 0.05) is 6.54 Å². The minimum atomic E-state index is -0.846. The summed E-state index contributed by atoms with van der Waals surface area (Å²) in [5.74, 6) is 0.716. The van der Waals surface area contributed by atoms with E-state index < -0.39 is 5.54 Å². The van der Waals surface area contributed by atoms with Crippen LogP contribution in [0, 0.1) is 0 Å². The van der Waals surface area contributed by atoms with Crippen molar-refractivity contribution in [3.8, 4) is 5.75 Å². The molecule has 112 valence electrons. The molecular formula is C16H26N2O2. The highest BCUT2D eigenvalue weighted by molar-refractivity contribution is 5.85. The van der Waals surface area contributed by atoms with E-state index in [2.05, 4.69) is 5.32 Å². The van der Waals surface area contributed by atoms with E-state index in [9.17, 15) is 4.79 Å². The van der Waals surface area contributed by atoms with Crippen molar-refractivity contribution >= 4 is 5.91 Å². The number of ether oxygens (including phenoxy) is 1. The molecule has 0 fully saturated rings. The standard InChI is InChI=1S/C16H26N2O2/c1-15(2,3)20-13-9-7-6-8-12(13)10-11-18-14(19)16(4,5)17/h6-9H,10-11,17H2,1-5H3,(H,18,19). The molecule has 0 aromatic heterocycles. The van der Waals surface area contributed by atoms with Crippen molar-refractivity contribution in [1.29, 1.82) is 0 Å². The van der Waals surface area contributed by atoms with E-state index in [4.69, 9.17) is 10.5 Å². The lowest BCUT2D eigenvalue weighted by molar-refractivity contribution is -0.125. The van der Waals surface area contributed by atoms with Crippen molar-refractivity contribution in [2.24, 2.45) is 5.73 Å². The van der Waals surface area contributed by atoms with Crippen LogP contribution in [0.1, 0.15) is 40.2 Å². The summed E-state index contributed by atoms with van der Waals surface area (Å²) in [4.78, 5) is 11.7. The Kier molecular flexibility index (Phi) is 5.17. The quantitative estimate of drug-likeness (QED) is 0.868. The molecular weight excluding hydrogens is 252 g/mol. The third-order valence-corrected chi connectivity index (χ3v) is 2.65. The Morgan fingerprint density at radius 3 is 2.35 bits per heavy atom. The molecule has 3 N–H and O–H groups in total. The monoisotopic (exact) mass is 278 g/mol. The van der Waals surface area contributed by atoms with Crippen LogP contribution in [0.25, 0.3) is 0 Å². The zero-order valence-corrected chi connectivity index (χ0v) is 13.1. The van der Waals surface area contributed by atoms with Crippen LogP contribution in [0.5, 0.6) is 5.75 Å². The first-order valence-electron chi connectivity index (χ1n) is 6.94. The average molecular weight is 278 g/mol. The van der Waals surface area contributed by atoms with Gasteiger partial charge in [-0.1, -0.05) is 18.2 Å². The van der Waals surface area contributed by atoms with Crippen molar-refractivity contribution in [3.05, 3.63) is 29.8 Å². The molecule has 0 aliphatic heterocycles. The van der Waals surface area contributed by atoms with Crippen LogP contribution >= 0.6 is 0 Å². The van der Waals surface area contributed by atoms with Crippen LogP contribution in [0.3, 0.4) is 0 Å². The van der Waals surface area contributed by atoms with Gasteiger partial charge in [-0.2, -0.15) is 0 Å². The lowest BCUT2D eigenvalue weighted by atomic mass is 10.1. The first-order chi connectivity index (χ1) is 9.09. The topological polar surface area (TPSA) is 64.3 Å². The lowest BCUT2D eigenvalue weighted by Crippen LogP contribution is -2.49. The second-order valence-electron chi connectivity index (χ2n) is 6.55. The summed E-state index contributed by atoms with van der Waals surface area (Å²) < 4.78 is 5.92. The summed E-state index contributed by atoms with van der Waals surface area (Å²) in [6.45, 7) is 9.98. The maximum absolute atomic E-state index is 11.7. The fraction of sp³-hybridized carbons (Fsp3) is 0.562. The Bertz CT molecular complexity index is 456. The second-order valence-corrected chi connectivity index (χ2v) is 6.55. The van der Waals surface area contributed by atoms with Gasteiger partial charge in [-0.3, -0.25) is 4.79 Å². The summed E-state index contributed by atoms with van der Waals surface area (Å²) >= 11 is 0. The van der Waals surface area contributed by atoms with Gasteiger partial charge in [0.05, 0.1) is 5.54 Å². The Balaban J connectivity index is 2.63. The third kappa shape index (κ3) is 5.61. The molecule has 0 bridgehead atoms. The minimum absolute atomic E-state index is 0.147. The van der Waals surface area contributed by atoms with E-state index in [1.165, 1.54) is 0 Å². The molecule has 1 amide bonds. The highest BCUT2D eigenvalue weighted by atomic mass is 16.5. The van der Waals surface area contributed by atoms with Crippen molar-refractivity contribution in [2.75, 3.05) is 6.54 Å². The maximum atomic E-state index is 11.7. The Hall–Kier alpha value is -1.55. The van der Waals surface area contributed by atoms with Gasteiger partial charge in [0.25, 0.3) is 0 Å². The second kappa shape index (κ2) is 6.27. The molecule has 0 saturated carbocycles. The van der Waals surface area contributed by atoms with Gasteiger partial charge in [0.15, 0.2) is 0 Å². The molecule has 0 radical (unpaired) electrons. The number of amides is 1. The fourth-order valence-corrected chi connectivity index (χ4v) is 1.68. The number of nitrogens with one attached hydrogen (secondary N) is 1. The molecule has 4 nitrogen and oxygen atoms in total. The molecule has 1 aromatic carbocycles. The predicted molar refractivity (Wildman–Crippen MR) is 81.8 cm³/mol. The van der Waals surface area contributed by atoms with E-state index in [0.29, 0.717) is 13.0 Å². The Labute approximate surface area is 121 Å². The Morgan fingerprint density at radius 1 is 1.20 bits per heavy atom. The predicted octanol–water partition coefficient (Wildman–Crippen LogP) is 2.26. The summed E-state index contributed by atoms with van der Waals surface area (Å²) in [6.07, 6.45) is 0.716. The largest absolute Gasteiger partial charge is 0.488 e. The number of benzene rings is 1. The number of para-hydroxylation sites is 1. The van der Waals surface area contributed by atoms with Gasteiger partial charge in [0.1, 0.15) is 11.4 Å². The molecule has 0 aliphatic carbocycles. The van der Waals surface area contributed by atoms with Gasteiger partial charge < -0.3 is 15.8 Å². The molecule has 20 heavy (non-hydrogen) atoms. The number of hydrogen-bond acceptors (Lipinski definition) is 3. The van der Waals surface area contributed by atoms with Gasteiger partial charge in [-0.05, 0) is 52.7 Å². The van der Waals surface area contributed by atoms with E-state index in [-0.39, 0.29) is 11.5 Å². The lowest BCUT2D eigenvalue weighted by Gasteiger charge is -2.23. The smallest absolute Gasteiger partial charge is 0.239 e. The average Bonchev–Trinajstić information content (AvgIpc) is 2.28. The molecule has 0 heterocycles. The third-order valence-electron chi connectivity index (χ3n) is 2.65. The molecule has 0 unspecified atom stereocenters. The van der Waals surface area contributed by atoms with Gasteiger partial charge in [-0.25, -0.2) is 0 Å². The first kappa shape index (κ1) is 16.5. The molecule has 4 heteroatoms. The molecule has 0 saturated heterocycles. The molecule has 0 atom stereocenters. The summed E-state index contributed by atoms with van der Waals surface area (Å²) in [5, 5.41) is 2.84. The number of carbonyl (C=O) groups excluding carboxylic acids is 1. The Morgan fingerprint density at radius 2 is 1.80 bits per heavy atom. The van der Waals surface area contributed by atoms with Crippen molar-refractivity contribution in [2.45, 2.75) is 52.2 Å². The first-order valence-corrected chi connectivity index (χ1v) is 6.94. The number of carbonyl (C=O) groups is 1. The fourth-order valence-electron chi connectivity index (χ4n) is 1.68. The summed E-state index contributed by atoms with van der Waals surface area (Å²) in [7, 11) is 0. The summed E-state index contributed by atoms with van der Waals surface area (Å²) in [6, 6.07) is 7.89. The molecule has 0 spiro atoms. The highest BCUT2D eigenvalue weighted by Crippen LogP contribution is 2.23. The van der Waals surface area contributed by atoms with E-state index in [1.807, 2.05) is 45.0 Å². The van der Waals surface area contributed by atoms with Gasteiger partial charge in [0.2, 0.25) is 5.91 Å². The van der Waals surface area contributed by atoms with Gasteiger partial charge >= 0.3 is 0 Å². The SMILES string of the molecule is CC(C)(C)Oc1ccccc1CCNC(=O)C(C)(C)N. The minimum Gasteiger partial charge on any atom is -0.488 e. The van der Waals surface area contributed by atoms with Crippen LogP contribution in [0.4, 0.5) is 0 Å². The maximum Gasteiger partial charge on any atom is 0.239 e. The molecule has 0 aliphatic rings. The van der Waals surface area contributed by atoms with Crippen LogP contribution in [-0.4, -0.2) is 23.6 Å². The number of nitrogens with two attached hydrogens (primary N) is 1. The zero-order chi connectivity index (χ0) is 15.4. The molecule has 1 rings (SSSR count). The summed E-state index contributed by atoms with van der Waals surface area (Å²) in [5.41, 5.74) is 5.73. The van der Waals surface area contributed by atoms with Gasteiger partial charge in [-0.15, -0.1) is 0 Å².